The maximum atomic E-state index is 13.5. The van der Waals surface area contributed by atoms with Crippen LogP contribution in [0.5, 0.6) is 11.6 Å². The van der Waals surface area contributed by atoms with E-state index in [0.717, 1.165) is 55.9 Å². The van der Waals surface area contributed by atoms with Gasteiger partial charge in [0.2, 0.25) is 11.8 Å². The zero-order chi connectivity index (χ0) is 23.3. The Balaban J connectivity index is 1.34. The van der Waals surface area contributed by atoms with Gasteiger partial charge in [0.05, 0.1) is 0 Å². The molecule has 1 atom stereocenters. The largest absolute Gasteiger partial charge is 0.437 e. The van der Waals surface area contributed by atoms with Crippen LogP contribution in [-0.4, -0.2) is 56.9 Å². The Labute approximate surface area is 200 Å². The lowest BCUT2D eigenvalue weighted by Crippen LogP contribution is -2.40. The summed E-state index contributed by atoms with van der Waals surface area (Å²) in [5, 5.41) is 0. The van der Waals surface area contributed by atoms with E-state index in [1.165, 1.54) is 6.42 Å². The second-order valence-corrected chi connectivity index (χ2v) is 8.99. The van der Waals surface area contributed by atoms with Crippen molar-refractivity contribution in [3.05, 3.63) is 65.9 Å². The first-order valence-electron chi connectivity index (χ1n) is 12.1. The van der Waals surface area contributed by atoms with Gasteiger partial charge < -0.3 is 14.5 Å². The predicted molar refractivity (Wildman–Crippen MR) is 129 cm³/mol. The van der Waals surface area contributed by atoms with Gasteiger partial charge in [-0.2, -0.15) is 0 Å². The predicted octanol–water partition coefficient (Wildman–Crippen LogP) is 4.38. The van der Waals surface area contributed by atoms with E-state index in [1.807, 2.05) is 42.2 Å². The van der Waals surface area contributed by atoms with Gasteiger partial charge in [-0.1, -0.05) is 18.2 Å². The molecular weight excluding hydrogens is 428 g/mol. The highest BCUT2D eigenvalue weighted by molar-refractivity contribution is 5.92. The third-order valence-electron chi connectivity index (χ3n) is 6.44. The van der Waals surface area contributed by atoms with E-state index in [1.54, 1.807) is 18.5 Å². The molecule has 4 heterocycles. The number of benzene rings is 1. The summed E-state index contributed by atoms with van der Waals surface area (Å²) < 4.78 is 6.04. The number of aryl methyl sites for hydroxylation is 1. The standard InChI is InChI=1S/C26H30N6O2/c1-19-17-22(30-26(29-19)31-14-6-3-7-15-31)25(33)32-16-8-9-20(18-32)23-24(28-13-12-27-23)34-21-10-4-2-5-11-21/h2,4-5,10-13,17,20H,3,6-9,14-16,18H2,1H3/t20-/m1/s1. The van der Waals surface area contributed by atoms with Gasteiger partial charge in [0.25, 0.3) is 5.91 Å². The molecule has 0 saturated carbocycles. The second-order valence-electron chi connectivity index (χ2n) is 8.99. The van der Waals surface area contributed by atoms with Crippen molar-refractivity contribution in [1.82, 2.24) is 24.8 Å². The summed E-state index contributed by atoms with van der Waals surface area (Å²) in [5.74, 6) is 1.88. The third-order valence-corrected chi connectivity index (χ3v) is 6.44. The molecular formula is C26H30N6O2. The Kier molecular flexibility index (Phi) is 6.65. The van der Waals surface area contributed by atoms with Crippen molar-refractivity contribution >= 4 is 11.9 Å². The zero-order valence-electron chi connectivity index (χ0n) is 19.6. The number of para-hydroxylation sites is 1. The molecule has 2 aliphatic rings. The zero-order valence-corrected chi connectivity index (χ0v) is 19.6. The highest BCUT2D eigenvalue weighted by Crippen LogP contribution is 2.33. The Bertz CT molecular complexity index is 1130. The summed E-state index contributed by atoms with van der Waals surface area (Å²) in [6, 6.07) is 11.4. The molecule has 1 amide bonds. The normalized spacial score (nSPS) is 18.6. The van der Waals surface area contributed by atoms with Gasteiger partial charge in [0, 0.05) is 50.2 Å². The van der Waals surface area contributed by atoms with Crippen molar-refractivity contribution in [2.75, 3.05) is 31.1 Å². The number of likely N-dealkylation sites (tertiary alicyclic amines) is 1. The number of ether oxygens (including phenoxy) is 1. The summed E-state index contributed by atoms with van der Waals surface area (Å²) in [4.78, 5) is 35.9. The Hall–Kier alpha value is -3.55. The average molecular weight is 459 g/mol. The van der Waals surface area contributed by atoms with Crippen LogP contribution in [0, 0.1) is 6.92 Å². The van der Waals surface area contributed by atoms with Gasteiger partial charge in [0.1, 0.15) is 17.1 Å². The maximum Gasteiger partial charge on any atom is 0.272 e. The van der Waals surface area contributed by atoms with Gasteiger partial charge in [-0.15, -0.1) is 0 Å². The minimum absolute atomic E-state index is 0.0506. The summed E-state index contributed by atoms with van der Waals surface area (Å²) in [5.41, 5.74) is 2.07. The topological polar surface area (TPSA) is 84.3 Å². The lowest BCUT2D eigenvalue weighted by atomic mass is 9.94. The van der Waals surface area contributed by atoms with Crippen molar-refractivity contribution in [3.8, 4) is 11.6 Å². The summed E-state index contributed by atoms with van der Waals surface area (Å²) >= 11 is 0. The first kappa shape index (κ1) is 22.3. The molecule has 0 unspecified atom stereocenters. The van der Waals surface area contributed by atoms with Crippen LogP contribution >= 0.6 is 0 Å². The summed E-state index contributed by atoms with van der Waals surface area (Å²) in [6.07, 6.45) is 8.66. The van der Waals surface area contributed by atoms with E-state index >= 15 is 0 Å². The highest BCUT2D eigenvalue weighted by atomic mass is 16.5. The van der Waals surface area contributed by atoms with Gasteiger partial charge in [-0.3, -0.25) is 9.78 Å². The van der Waals surface area contributed by atoms with Crippen molar-refractivity contribution in [3.63, 3.8) is 0 Å². The number of piperidine rings is 2. The minimum Gasteiger partial charge on any atom is -0.437 e. The Morgan fingerprint density at radius 2 is 1.76 bits per heavy atom. The molecule has 1 aromatic carbocycles. The van der Waals surface area contributed by atoms with Crippen LogP contribution in [0.3, 0.4) is 0 Å². The molecule has 2 saturated heterocycles. The number of carbonyl (C=O) groups is 1. The molecule has 0 radical (unpaired) electrons. The second kappa shape index (κ2) is 10.2. The first-order chi connectivity index (χ1) is 16.7. The molecule has 0 N–H and O–H groups in total. The van der Waals surface area contributed by atoms with Crippen molar-refractivity contribution in [2.24, 2.45) is 0 Å². The number of rotatable bonds is 5. The van der Waals surface area contributed by atoms with Crippen LogP contribution in [0.25, 0.3) is 0 Å². The number of aromatic nitrogens is 4. The van der Waals surface area contributed by atoms with Gasteiger partial charge in [-0.05, 0) is 57.2 Å². The molecule has 0 aliphatic carbocycles. The number of nitrogens with zero attached hydrogens (tertiary/aromatic N) is 6. The molecule has 3 aromatic rings. The first-order valence-corrected chi connectivity index (χ1v) is 12.1. The molecule has 8 heteroatoms. The lowest BCUT2D eigenvalue weighted by Gasteiger charge is -2.33. The quantitative estimate of drug-likeness (QED) is 0.561. The smallest absolute Gasteiger partial charge is 0.272 e. The van der Waals surface area contributed by atoms with Crippen molar-refractivity contribution in [1.29, 1.82) is 0 Å². The van der Waals surface area contributed by atoms with Crippen LogP contribution < -0.4 is 9.64 Å². The summed E-state index contributed by atoms with van der Waals surface area (Å²) in [6.45, 7) is 5.08. The molecule has 2 fully saturated rings. The van der Waals surface area contributed by atoms with Crippen LogP contribution in [0.1, 0.15) is 59.9 Å². The van der Waals surface area contributed by atoms with E-state index in [4.69, 9.17) is 4.74 Å². The van der Waals surface area contributed by atoms with Crippen LogP contribution in [0.2, 0.25) is 0 Å². The Morgan fingerprint density at radius 1 is 0.971 bits per heavy atom. The van der Waals surface area contributed by atoms with Crippen molar-refractivity contribution in [2.45, 2.75) is 44.9 Å². The molecule has 0 bridgehead atoms. The van der Waals surface area contributed by atoms with E-state index in [-0.39, 0.29) is 11.8 Å². The van der Waals surface area contributed by atoms with Gasteiger partial charge >= 0.3 is 0 Å². The molecule has 2 aliphatic heterocycles. The third kappa shape index (κ3) is 5.00. The Morgan fingerprint density at radius 3 is 2.59 bits per heavy atom. The number of hydrogen-bond acceptors (Lipinski definition) is 7. The molecule has 5 rings (SSSR count). The number of carbonyl (C=O) groups excluding carboxylic acids is 1. The lowest BCUT2D eigenvalue weighted by molar-refractivity contribution is 0.0698. The van der Waals surface area contributed by atoms with E-state index in [2.05, 4.69) is 24.8 Å². The fourth-order valence-electron chi connectivity index (χ4n) is 4.74. The molecule has 0 spiro atoms. The van der Waals surface area contributed by atoms with E-state index in [9.17, 15) is 4.79 Å². The fraction of sp³-hybridized carbons (Fsp3) is 0.423. The van der Waals surface area contributed by atoms with Crippen LogP contribution in [-0.2, 0) is 0 Å². The minimum atomic E-state index is -0.0529. The SMILES string of the molecule is Cc1cc(C(=O)N2CCC[C@@H](c3nccnc3Oc3ccccc3)C2)nc(N2CCCCC2)n1. The number of hydrogen-bond donors (Lipinski definition) is 0. The average Bonchev–Trinajstić information content (AvgIpc) is 2.89. The van der Waals surface area contributed by atoms with E-state index < -0.39 is 0 Å². The highest BCUT2D eigenvalue weighted by Gasteiger charge is 2.30. The maximum absolute atomic E-state index is 13.5. The van der Waals surface area contributed by atoms with E-state index in [0.29, 0.717) is 30.6 Å². The molecule has 176 valence electrons. The molecule has 8 nitrogen and oxygen atoms in total. The summed E-state index contributed by atoms with van der Waals surface area (Å²) in [7, 11) is 0. The van der Waals surface area contributed by atoms with Gasteiger partial charge in [0.15, 0.2) is 0 Å². The van der Waals surface area contributed by atoms with Crippen LogP contribution in [0.15, 0.2) is 48.8 Å². The fourth-order valence-corrected chi connectivity index (χ4v) is 4.74. The van der Waals surface area contributed by atoms with Gasteiger partial charge in [-0.25, -0.2) is 15.0 Å². The van der Waals surface area contributed by atoms with Crippen LogP contribution in [0.4, 0.5) is 5.95 Å². The molecule has 34 heavy (non-hydrogen) atoms. The number of anilines is 1. The number of amides is 1. The monoisotopic (exact) mass is 458 g/mol. The molecule has 2 aromatic heterocycles. The van der Waals surface area contributed by atoms with Crippen molar-refractivity contribution < 1.29 is 9.53 Å².